The maximum absolute atomic E-state index is 12.5. The Labute approximate surface area is 139 Å². The number of hydrogen-bond acceptors (Lipinski definition) is 4. The quantitative estimate of drug-likeness (QED) is 0.721. The van der Waals surface area contributed by atoms with E-state index >= 15 is 0 Å². The number of sulfone groups is 1. The van der Waals surface area contributed by atoms with Crippen LogP contribution in [0.15, 0.2) is 46.7 Å². The molecule has 1 aliphatic rings. The van der Waals surface area contributed by atoms with E-state index in [0.29, 0.717) is 22.4 Å². The van der Waals surface area contributed by atoms with Gasteiger partial charge in [-0.1, -0.05) is 19.1 Å². The minimum atomic E-state index is -3.53. The third kappa shape index (κ3) is 1.99. The molecule has 2 aromatic heterocycles. The molecule has 0 atom stereocenters. The first-order valence-electron chi connectivity index (χ1n) is 7.53. The average Bonchev–Trinajstić information content (AvgIpc) is 3.14. The maximum atomic E-state index is 12.5. The van der Waals surface area contributed by atoms with E-state index in [0.717, 1.165) is 17.6 Å². The van der Waals surface area contributed by atoms with Crippen molar-refractivity contribution in [3.63, 3.8) is 0 Å². The number of benzene rings is 1. The normalized spacial score (nSPS) is 14.7. The molecule has 0 bridgehead atoms. The molecular formula is C18H13N3O2S. The largest absolute Gasteiger partial charge is 0.237 e. The molecule has 4 rings (SSSR count). The van der Waals surface area contributed by atoms with Crippen molar-refractivity contribution in [3.8, 4) is 17.2 Å². The van der Waals surface area contributed by atoms with Crippen LogP contribution < -0.4 is 0 Å². The van der Waals surface area contributed by atoms with Crippen LogP contribution in [-0.4, -0.2) is 18.0 Å². The van der Waals surface area contributed by atoms with E-state index in [2.05, 4.69) is 11.2 Å². The molecule has 3 aromatic rings. The molecule has 0 saturated heterocycles. The summed E-state index contributed by atoms with van der Waals surface area (Å²) in [7, 11) is -3.53. The van der Waals surface area contributed by atoms with E-state index in [4.69, 9.17) is 5.26 Å². The molecule has 0 unspecified atom stereocenters. The Morgan fingerprint density at radius 2 is 2.08 bits per heavy atom. The second-order valence-corrected chi connectivity index (χ2v) is 7.38. The van der Waals surface area contributed by atoms with Crippen LogP contribution in [0.3, 0.4) is 0 Å². The van der Waals surface area contributed by atoms with Crippen LogP contribution >= 0.6 is 0 Å². The van der Waals surface area contributed by atoms with Gasteiger partial charge in [-0.05, 0) is 42.3 Å². The summed E-state index contributed by atoms with van der Waals surface area (Å²) >= 11 is 0. The third-order valence-electron chi connectivity index (χ3n) is 4.19. The van der Waals surface area contributed by atoms with Gasteiger partial charge in [-0.15, -0.1) is 0 Å². The Morgan fingerprint density at radius 1 is 1.25 bits per heavy atom. The molecule has 0 amide bonds. The van der Waals surface area contributed by atoms with Crippen LogP contribution in [0.1, 0.15) is 23.9 Å². The van der Waals surface area contributed by atoms with Gasteiger partial charge < -0.3 is 0 Å². The summed E-state index contributed by atoms with van der Waals surface area (Å²) in [6.45, 7) is 2.03. The smallest absolute Gasteiger partial charge is 0.202 e. The van der Waals surface area contributed by atoms with E-state index < -0.39 is 9.84 Å². The minimum absolute atomic E-state index is 0.214. The molecule has 6 heteroatoms. The zero-order valence-electron chi connectivity index (χ0n) is 12.9. The zero-order chi connectivity index (χ0) is 16.9. The van der Waals surface area contributed by atoms with Gasteiger partial charge in [0, 0.05) is 16.7 Å². The fourth-order valence-corrected chi connectivity index (χ4v) is 4.44. The SMILES string of the molecule is CCc1ccc2c(-c3cccc(C#N)c3)c3c(nn12)C=CS3(=O)=O. The second kappa shape index (κ2) is 5.05. The number of fused-ring (bicyclic) bond motifs is 2. The van der Waals surface area contributed by atoms with E-state index in [-0.39, 0.29) is 4.90 Å². The van der Waals surface area contributed by atoms with Crippen molar-refractivity contribution in [3.05, 3.63) is 58.8 Å². The van der Waals surface area contributed by atoms with Crippen molar-refractivity contribution in [1.82, 2.24) is 9.61 Å². The molecule has 0 saturated carbocycles. The molecule has 118 valence electrons. The van der Waals surface area contributed by atoms with E-state index in [9.17, 15) is 8.42 Å². The van der Waals surface area contributed by atoms with Gasteiger partial charge in [0.2, 0.25) is 9.84 Å². The Bertz CT molecular complexity index is 1160. The molecule has 3 heterocycles. The Hall–Kier alpha value is -2.91. The fraction of sp³-hybridized carbons (Fsp3) is 0.111. The summed E-state index contributed by atoms with van der Waals surface area (Å²) in [6, 6.07) is 12.9. The summed E-state index contributed by atoms with van der Waals surface area (Å²) in [5.74, 6) is 0. The van der Waals surface area contributed by atoms with Crippen molar-refractivity contribution < 1.29 is 8.42 Å². The van der Waals surface area contributed by atoms with Crippen LogP contribution in [0.25, 0.3) is 22.7 Å². The van der Waals surface area contributed by atoms with Gasteiger partial charge in [-0.2, -0.15) is 10.4 Å². The summed E-state index contributed by atoms with van der Waals surface area (Å²) in [5.41, 5.74) is 3.95. The van der Waals surface area contributed by atoms with Crippen molar-refractivity contribution >= 4 is 21.4 Å². The molecular weight excluding hydrogens is 322 g/mol. The number of nitrogens with zero attached hydrogens (tertiary/aromatic N) is 3. The van der Waals surface area contributed by atoms with Crippen molar-refractivity contribution in [1.29, 1.82) is 5.26 Å². The lowest BCUT2D eigenvalue weighted by molar-refractivity contribution is 0.605. The van der Waals surface area contributed by atoms with Gasteiger partial charge >= 0.3 is 0 Å². The van der Waals surface area contributed by atoms with Crippen LogP contribution in [0.5, 0.6) is 0 Å². The number of hydrogen-bond donors (Lipinski definition) is 0. The number of aryl methyl sites for hydroxylation is 1. The molecule has 0 fully saturated rings. The standard InChI is InChI=1S/C18H13N3O2S/c1-2-14-6-7-16-17(13-5-3-4-12(10-13)11-19)18-15(20-21(14)16)8-9-24(18,22)23/h3-10H,2H2,1H3. The average molecular weight is 335 g/mol. The topological polar surface area (TPSA) is 75.2 Å². The Balaban J connectivity index is 2.18. The molecule has 0 radical (unpaired) electrons. The second-order valence-electron chi connectivity index (χ2n) is 5.60. The number of nitriles is 1. The van der Waals surface area contributed by atoms with Crippen LogP contribution in [0.2, 0.25) is 0 Å². The first kappa shape index (κ1) is 14.7. The summed E-state index contributed by atoms with van der Waals surface area (Å²) in [5, 5.41) is 14.8. The van der Waals surface area contributed by atoms with E-state index in [1.54, 1.807) is 22.7 Å². The number of rotatable bonds is 2. The predicted octanol–water partition coefficient (Wildman–Crippen LogP) is 3.19. The highest BCUT2D eigenvalue weighted by molar-refractivity contribution is 7.95. The molecule has 5 nitrogen and oxygen atoms in total. The summed E-state index contributed by atoms with van der Waals surface area (Å²) in [4.78, 5) is 0.214. The molecule has 1 aromatic carbocycles. The van der Waals surface area contributed by atoms with Crippen LogP contribution in [0.4, 0.5) is 0 Å². The highest BCUT2D eigenvalue weighted by atomic mass is 32.2. The predicted molar refractivity (Wildman–Crippen MR) is 90.9 cm³/mol. The monoisotopic (exact) mass is 335 g/mol. The summed E-state index contributed by atoms with van der Waals surface area (Å²) < 4.78 is 26.8. The van der Waals surface area contributed by atoms with Crippen molar-refractivity contribution in [2.24, 2.45) is 0 Å². The zero-order valence-corrected chi connectivity index (χ0v) is 13.7. The van der Waals surface area contributed by atoms with Gasteiger partial charge in [0.1, 0.15) is 10.6 Å². The van der Waals surface area contributed by atoms with E-state index in [1.165, 1.54) is 11.5 Å². The first-order chi connectivity index (χ1) is 11.5. The molecule has 0 N–H and O–H groups in total. The molecule has 0 aliphatic carbocycles. The molecule has 24 heavy (non-hydrogen) atoms. The lowest BCUT2D eigenvalue weighted by Crippen LogP contribution is -2.06. The van der Waals surface area contributed by atoms with Crippen molar-refractivity contribution in [2.75, 3.05) is 0 Å². The first-order valence-corrected chi connectivity index (χ1v) is 9.08. The minimum Gasteiger partial charge on any atom is -0.237 e. The Morgan fingerprint density at radius 3 is 2.83 bits per heavy atom. The maximum Gasteiger partial charge on any atom is 0.202 e. The molecule has 0 spiro atoms. The lowest BCUT2D eigenvalue weighted by atomic mass is 10.0. The summed E-state index contributed by atoms with van der Waals surface area (Å²) in [6.07, 6.45) is 2.31. The highest BCUT2D eigenvalue weighted by Crippen LogP contribution is 2.38. The van der Waals surface area contributed by atoms with Crippen LogP contribution in [0, 0.1) is 11.3 Å². The third-order valence-corrected chi connectivity index (χ3v) is 5.67. The van der Waals surface area contributed by atoms with Crippen molar-refractivity contribution in [2.45, 2.75) is 18.2 Å². The van der Waals surface area contributed by atoms with Gasteiger partial charge in [0.25, 0.3) is 0 Å². The van der Waals surface area contributed by atoms with E-state index in [1.807, 2.05) is 25.1 Å². The van der Waals surface area contributed by atoms with Crippen LogP contribution in [-0.2, 0) is 16.3 Å². The van der Waals surface area contributed by atoms with Gasteiger partial charge in [-0.25, -0.2) is 12.9 Å². The lowest BCUT2D eigenvalue weighted by Gasteiger charge is -2.12. The van der Waals surface area contributed by atoms with Gasteiger partial charge in [0.15, 0.2) is 0 Å². The highest BCUT2D eigenvalue weighted by Gasteiger charge is 2.29. The fourth-order valence-electron chi connectivity index (χ4n) is 3.09. The van der Waals surface area contributed by atoms with Gasteiger partial charge in [0.05, 0.1) is 17.1 Å². The number of aromatic nitrogens is 2. The van der Waals surface area contributed by atoms with Gasteiger partial charge in [-0.3, -0.25) is 0 Å². The molecule has 1 aliphatic heterocycles. The Kier molecular flexibility index (Phi) is 3.08.